The lowest BCUT2D eigenvalue weighted by Gasteiger charge is -2.05. The lowest BCUT2D eigenvalue weighted by atomic mass is 10.0. The summed E-state index contributed by atoms with van der Waals surface area (Å²) < 4.78 is 0. The van der Waals surface area contributed by atoms with Crippen LogP contribution in [-0.2, 0) is 0 Å². The van der Waals surface area contributed by atoms with Crippen LogP contribution in [0.3, 0.4) is 0 Å². The highest BCUT2D eigenvalue weighted by Crippen LogP contribution is 2.30. The third kappa shape index (κ3) is 1.10. The number of nitrogens with two attached hydrogens (primary N) is 1. The predicted molar refractivity (Wildman–Crippen MR) is 55.4 cm³/mol. The van der Waals surface area contributed by atoms with Gasteiger partial charge in [-0.25, -0.2) is 0 Å². The smallest absolute Gasteiger partial charge is 0.153 e. The highest BCUT2D eigenvalue weighted by atomic mass is 16.3. The Morgan fingerprint density at radius 2 is 1.93 bits per heavy atom. The van der Waals surface area contributed by atoms with Crippen LogP contribution in [0, 0.1) is 0 Å². The van der Waals surface area contributed by atoms with Gasteiger partial charge in [0.15, 0.2) is 6.29 Å². The molecule has 0 unspecified atom stereocenters. The molecule has 2 rings (SSSR count). The summed E-state index contributed by atoms with van der Waals surface area (Å²) in [5, 5.41) is 11.1. The maximum Gasteiger partial charge on any atom is 0.153 e. The Morgan fingerprint density at radius 1 is 1.14 bits per heavy atom. The van der Waals surface area contributed by atoms with E-state index in [1.807, 2.05) is 0 Å². The summed E-state index contributed by atoms with van der Waals surface area (Å²) in [5.74, 6) is -0.00944. The molecule has 0 heterocycles. The van der Waals surface area contributed by atoms with Crippen LogP contribution in [0.25, 0.3) is 10.8 Å². The summed E-state index contributed by atoms with van der Waals surface area (Å²) in [6.07, 6.45) is 0.623. The van der Waals surface area contributed by atoms with Gasteiger partial charge in [-0.2, -0.15) is 0 Å². The van der Waals surface area contributed by atoms with E-state index in [1.165, 1.54) is 0 Å². The van der Waals surface area contributed by atoms with Gasteiger partial charge in [0.1, 0.15) is 5.75 Å². The van der Waals surface area contributed by atoms with Gasteiger partial charge in [-0.1, -0.05) is 18.2 Å². The van der Waals surface area contributed by atoms with E-state index in [1.54, 1.807) is 30.3 Å². The van der Waals surface area contributed by atoms with Crippen molar-refractivity contribution in [1.29, 1.82) is 0 Å². The van der Waals surface area contributed by atoms with E-state index in [2.05, 4.69) is 0 Å². The zero-order valence-electron chi connectivity index (χ0n) is 7.40. The Labute approximate surface area is 80.8 Å². The number of anilines is 1. The minimum Gasteiger partial charge on any atom is -0.507 e. The molecule has 0 bridgehead atoms. The van der Waals surface area contributed by atoms with E-state index in [-0.39, 0.29) is 11.3 Å². The van der Waals surface area contributed by atoms with Crippen LogP contribution in [0.5, 0.6) is 5.75 Å². The van der Waals surface area contributed by atoms with Crippen molar-refractivity contribution in [2.24, 2.45) is 0 Å². The van der Waals surface area contributed by atoms with Crippen LogP contribution >= 0.6 is 0 Å². The Morgan fingerprint density at radius 3 is 2.64 bits per heavy atom. The van der Waals surface area contributed by atoms with Crippen LogP contribution < -0.4 is 5.73 Å². The predicted octanol–water partition coefficient (Wildman–Crippen LogP) is 1.94. The second kappa shape index (κ2) is 3.03. The number of aldehydes is 1. The molecular weight excluding hydrogens is 178 g/mol. The number of hydrogen-bond donors (Lipinski definition) is 2. The van der Waals surface area contributed by atoms with E-state index < -0.39 is 0 Å². The van der Waals surface area contributed by atoms with Crippen molar-refractivity contribution in [2.75, 3.05) is 5.73 Å². The Kier molecular flexibility index (Phi) is 1.85. The molecule has 3 heteroatoms. The lowest BCUT2D eigenvalue weighted by Crippen LogP contribution is -1.88. The SMILES string of the molecule is Nc1cccc2c(O)c(C=O)ccc12. The van der Waals surface area contributed by atoms with Crippen LogP contribution in [0.4, 0.5) is 5.69 Å². The van der Waals surface area contributed by atoms with E-state index in [9.17, 15) is 9.90 Å². The van der Waals surface area contributed by atoms with Crippen LogP contribution in [-0.4, -0.2) is 11.4 Å². The average molecular weight is 187 g/mol. The number of benzene rings is 2. The largest absolute Gasteiger partial charge is 0.507 e. The molecule has 0 fully saturated rings. The number of phenols is 1. The molecule has 0 amide bonds. The first-order valence-electron chi connectivity index (χ1n) is 4.19. The maximum atomic E-state index is 10.6. The fourth-order valence-electron chi connectivity index (χ4n) is 1.48. The summed E-state index contributed by atoms with van der Waals surface area (Å²) in [4.78, 5) is 10.6. The zero-order valence-corrected chi connectivity index (χ0v) is 7.40. The van der Waals surface area contributed by atoms with Crippen LogP contribution in [0.2, 0.25) is 0 Å². The van der Waals surface area contributed by atoms with Gasteiger partial charge in [-0.05, 0) is 12.1 Å². The topological polar surface area (TPSA) is 63.3 Å². The molecular formula is C11H9NO2. The van der Waals surface area contributed by atoms with Gasteiger partial charge in [-0.15, -0.1) is 0 Å². The molecule has 0 aliphatic carbocycles. The highest BCUT2D eigenvalue weighted by molar-refractivity contribution is 6.01. The van der Waals surface area contributed by atoms with Gasteiger partial charge in [0.25, 0.3) is 0 Å². The fourth-order valence-corrected chi connectivity index (χ4v) is 1.48. The number of aromatic hydroxyl groups is 1. The summed E-state index contributed by atoms with van der Waals surface area (Å²) in [6, 6.07) is 8.51. The first-order valence-corrected chi connectivity index (χ1v) is 4.19. The molecule has 0 radical (unpaired) electrons. The molecule has 2 aromatic rings. The van der Waals surface area contributed by atoms with Crippen molar-refractivity contribution in [1.82, 2.24) is 0 Å². The zero-order chi connectivity index (χ0) is 10.1. The van der Waals surface area contributed by atoms with Crippen LogP contribution in [0.1, 0.15) is 10.4 Å². The number of carbonyl (C=O) groups is 1. The molecule has 14 heavy (non-hydrogen) atoms. The quantitative estimate of drug-likeness (QED) is 0.529. The number of carbonyl (C=O) groups excluding carboxylic acids is 1. The first kappa shape index (κ1) is 8.56. The van der Waals surface area contributed by atoms with E-state index in [4.69, 9.17) is 5.73 Å². The highest BCUT2D eigenvalue weighted by Gasteiger charge is 2.06. The third-order valence-corrected chi connectivity index (χ3v) is 2.22. The van der Waals surface area contributed by atoms with Crippen molar-refractivity contribution in [2.45, 2.75) is 0 Å². The van der Waals surface area contributed by atoms with Gasteiger partial charge in [0.2, 0.25) is 0 Å². The lowest BCUT2D eigenvalue weighted by molar-refractivity contribution is 0.112. The van der Waals surface area contributed by atoms with E-state index in [0.717, 1.165) is 5.39 Å². The molecule has 0 aliphatic rings. The Bertz CT molecular complexity index is 506. The number of nitrogen functional groups attached to an aromatic ring is 1. The molecule has 3 N–H and O–H groups in total. The van der Waals surface area contributed by atoms with Gasteiger partial charge in [0.05, 0.1) is 5.56 Å². The molecule has 2 aromatic carbocycles. The molecule has 0 atom stereocenters. The summed E-state index contributed by atoms with van der Waals surface area (Å²) in [5.41, 5.74) is 6.59. The van der Waals surface area contributed by atoms with Crippen molar-refractivity contribution in [3.8, 4) is 5.75 Å². The molecule has 0 saturated heterocycles. The van der Waals surface area contributed by atoms with Gasteiger partial charge in [0, 0.05) is 16.5 Å². The molecule has 0 spiro atoms. The number of rotatable bonds is 1. The van der Waals surface area contributed by atoms with Crippen molar-refractivity contribution in [3.05, 3.63) is 35.9 Å². The monoisotopic (exact) mass is 187 g/mol. The maximum absolute atomic E-state index is 10.6. The number of hydrogen-bond acceptors (Lipinski definition) is 3. The molecule has 0 saturated carbocycles. The van der Waals surface area contributed by atoms with Gasteiger partial charge in [-0.3, -0.25) is 4.79 Å². The summed E-state index contributed by atoms with van der Waals surface area (Å²) in [7, 11) is 0. The average Bonchev–Trinajstić information content (AvgIpc) is 2.20. The summed E-state index contributed by atoms with van der Waals surface area (Å²) >= 11 is 0. The van der Waals surface area contributed by atoms with Gasteiger partial charge < -0.3 is 10.8 Å². The van der Waals surface area contributed by atoms with Crippen molar-refractivity contribution in [3.63, 3.8) is 0 Å². The molecule has 70 valence electrons. The van der Waals surface area contributed by atoms with E-state index >= 15 is 0 Å². The second-order valence-electron chi connectivity index (χ2n) is 3.06. The Hall–Kier alpha value is -2.03. The minimum atomic E-state index is -0.00944. The van der Waals surface area contributed by atoms with Crippen molar-refractivity contribution >= 4 is 22.7 Å². The van der Waals surface area contributed by atoms with Crippen LogP contribution in [0.15, 0.2) is 30.3 Å². The Balaban J connectivity index is 2.90. The molecule has 0 aromatic heterocycles. The summed E-state index contributed by atoms with van der Waals surface area (Å²) in [6.45, 7) is 0. The third-order valence-electron chi connectivity index (χ3n) is 2.22. The number of fused-ring (bicyclic) bond motifs is 1. The standard InChI is InChI=1S/C11H9NO2/c12-10-3-1-2-9-8(10)5-4-7(6-13)11(9)14/h1-6,14H,12H2. The molecule has 3 nitrogen and oxygen atoms in total. The van der Waals surface area contributed by atoms with Gasteiger partial charge >= 0.3 is 0 Å². The van der Waals surface area contributed by atoms with E-state index in [0.29, 0.717) is 17.4 Å². The minimum absolute atomic E-state index is 0.00944. The second-order valence-corrected chi connectivity index (χ2v) is 3.06. The normalized spacial score (nSPS) is 10.3. The number of phenolic OH excluding ortho intramolecular Hbond substituents is 1. The molecule has 0 aliphatic heterocycles. The first-order chi connectivity index (χ1) is 6.74. The fraction of sp³-hybridized carbons (Fsp3) is 0. The van der Waals surface area contributed by atoms with Crippen molar-refractivity contribution < 1.29 is 9.90 Å².